The summed E-state index contributed by atoms with van der Waals surface area (Å²) < 4.78 is 5.31. The first-order chi connectivity index (χ1) is 8.95. The second-order valence-corrected chi connectivity index (χ2v) is 4.08. The zero-order chi connectivity index (χ0) is 15.5. The molecule has 0 heterocycles. The Morgan fingerprint density at radius 2 is 1.47 bits per heavy atom. The molecule has 0 amide bonds. The maximum Gasteiger partial charge on any atom is 0.0742 e. The van der Waals surface area contributed by atoms with Crippen molar-refractivity contribution in [3.05, 3.63) is 0 Å². The van der Waals surface area contributed by atoms with E-state index in [0.29, 0.717) is 0 Å². The van der Waals surface area contributed by atoms with Crippen molar-refractivity contribution >= 4 is 5.97 Å². The fraction of sp³-hybridized carbons (Fsp3) is 0.929. The highest BCUT2D eigenvalue weighted by Gasteiger charge is 1.84. The van der Waals surface area contributed by atoms with Crippen LogP contribution in [0.4, 0.5) is 0 Å². The Kier molecular flexibility index (Phi) is 27.8. The minimum absolute atomic E-state index is 0.111. The number of hydrogen-bond donors (Lipinski definition) is 2. The van der Waals surface area contributed by atoms with Crippen molar-refractivity contribution in [2.75, 3.05) is 19.8 Å². The molecule has 0 saturated heterocycles. The van der Waals surface area contributed by atoms with Crippen LogP contribution in [0.25, 0.3) is 0 Å². The van der Waals surface area contributed by atoms with E-state index in [2.05, 4.69) is 13.8 Å². The van der Waals surface area contributed by atoms with Crippen molar-refractivity contribution in [1.29, 1.82) is 0 Å². The van der Waals surface area contributed by atoms with E-state index >= 15 is 0 Å². The van der Waals surface area contributed by atoms with Gasteiger partial charge >= 0.3 is 0 Å². The van der Waals surface area contributed by atoms with Crippen molar-refractivity contribution < 1.29 is 24.9 Å². The Labute approximate surface area is 117 Å². The molecule has 0 bridgehead atoms. The van der Waals surface area contributed by atoms with Crippen LogP contribution in [0.5, 0.6) is 0 Å². The molecule has 0 aliphatic rings. The SMILES string of the molecule is CC(O)CO.CCC(=O)[O-].CCCCOCCCC. The van der Waals surface area contributed by atoms with Gasteiger partial charge in [0.2, 0.25) is 0 Å². The van der Waals surface area contributed by atoms with E-state index < -0.39 is 12.1 Å². The van der Waals surface area contributed by atoms with Gasteiger partial charge in [-0.1, -0.05) is 33.6 Å². The number of aliphatic hydroxyl groups is 2. The van der Waals surface area contributed by atoms with Crippen LogP contribution in [0.15, 0.2) is 0 Å². The Balaban J connectivity index is -0.000000219. The van der Waals surface area contributed by atoms with Crippen LogP contribution in [-0.2, 0) is 9.53 Å². The second-order valence-electron chi connectivity index (χ2n) is 4.08. The van der Waals surface area contributed by atoms with Gasteiger partial charge in [-0.25, -0.2) is 0 Å². The summed E-state index contributed by atoms with van der Waals surface area (Å²) in [6.45, 7) is 9.20. The lowest BCUT2D eigenvalue weighted by Gasteiger charge is -1.99. The molecule has 0 saturated carbocycles. The maximum absolute atomic E-state index is 9.26. The molecule has 5 heteroatoms. The van der Waals surface area contributed by atoms with E-state index in [1.54, 1.807) is 0 Å². The van der Waals surface area contributed by atoms with Crippen LogP contribution >= 0.6 is 0 Å². The molecule has 0 aromatic rings. The molecule has 0 fully saturated rings. The third-order valence-corrected chi connectivity index (χ3v) is 1.84. The topological polar surface area (TPSA) is 89.8 Å². The van der Waals surface area contributed by atoms with E-state index in [4.69, 9.17) is 14.9 Å². The summed E-state index contributed by atoms with van der Waals surface area (Å²) in [5.41, 5.74) is 0. The molecule has 0 aromatic carbocycles. The normalized spacial score (nSPS) is 10.6. The highest BCUT2D eigenvalue weighted by molar-refractivity contribution is 5.63. The van der Waals surface area contributed by atoms with Gasteiger partial charge in [-0.3, -0.25) is 0 Å². The number of carbonyl (C=O) groups is 1. The van der Waals surface area contributed by atoms with E-state index in [-0.39, 0.29) is 13.0 Å². The number of aliphatic hydroxyl groups excluding tert-OH is 2. The third-order valence-electron chi connectivity index (χ3n) is 1.84. The van der Waals surface area contributed by atoms with E-state index in [1.807, 2.05) is 0 Å². The van der Waals surface area contributed by atoms with Crippen molar-refractivity contribution in [1.82, 2.24) is 0 Å². The minimum atomic E-state index is -0.995. The van der Waals surface area contributed by atoms with Crippen molar-refractivity contribution in [2.24, 2.45) is 0 Å². The molecular formula is C14H31O5-. The van der Waals surface area contributed by atoms with Gasteiger partial charge in [-0.2, -0.15) is 0 Å². The van der Waals surface area contributed by atoms with Gasteiger partial charge in [0.25, 0.3) is 0 Å². The minimum Gasteiger partial charge on any atom is -0.550 e. The summed E-state index contributed by atoms with van der Waals surface area (Å²) in [6, 6.07) is 0. The van der Waals surface area contributed by atoms with Gasteiger partial charge in [-0.15, -0.1) is 0 Å². The maximum atomic E-state index is 9.26. The van der Waals surface area contributed by atoms with Crippen LogP contribution in [0.2, 0.25) is 0 Å². The average Bonchev–Trinajstić information content (AvgIpc) is 2.40. The first kappa shape index (κ1) is 23.4. The van der Waals surface area contributed by atoms with Gasteiger partial charge in [-0.05, 0) is 26.2 Å². The molecule has 0 rings (SSSR count). The third kappa shape index (κ3) is 46.8. The van der Waals surface area contributed by atoms with Gasteiger partial charge in [0.15, 0.2) is 0 Å². The summed E-state index contributed by atoms with van der Waals surface area (Å²) in [5, 5.41) is 25.3. The van der Waals surface area contributed by atoms with Crippen LogP contribution in [0.1, 0.15) is 59.8 Å². The lowest BCUT2D eigenvalue weighted by Crippen LogP contribution is -2.19. The zero-order valence-corrected chi connectivity index (χ0v) is 12.9. The molecule has 2 N–H and O–H groups in total. The Hall–Kier alpha value is -0.650. The number of hydrogen-bond acceptors (Lipinski definition) is 5. The zero-order valence-electron chi connectivity index (χ0n) is 12.9. The van der Waals surface area contributed by atoms with Gasteiger partial charge in [0.05, 0.1) is 12.7 Å². The Bertz CT molecular complexity index is 154. The summed E-state index contributed by atoms with van der Waals surface area (Å²) >= 11 is 0. The molecule has 1 atom stereocenters. The standard InChI is InChI=1S/C8H18O.C3H8O2.C3H6O2/c1-3-5-7-9-8-6-4-2;1-3(5)2-4;1-2-3(4)5/h3-8H2,1-2H3;3-5H,2H2,1H3;2H2,1H3,(H,4,5)/p-1. The number of carboxylic acids is 1. The smallest absolute Gasteiger partial charge is 0.0742 e. The summed E-state index contributed by atoms with van der Waals surface area (Å²) in [7, 11) is 0. The van der Waals surface area contributed by atoms with Crippen molar-refractivity contribution in [3.8, 4) is 0 Å². The highest BCUT2D eigenvalue weighted by atomic mass is 16.5. The van der Waals surface area contributed by atoms with Crippen LogP contribution in [-0.4, -0.2) is 42.1 Å². The molecule has 0 radical (unpaired) electrons. The van der Waals surface area contributed by atoms with Gasteiger partial charge in [0.1, 0.15) is 0 Å². The number of unbranched alkanes of at least 4 members (excludes halogenated alkanes) is 2. The fourth-order valence-electron chi connectivity index (χ4n) is 0.595. The number of carboxylic acid groups (broad SMARTS) is 1. The van der Waals surface area contributed by atoms with Crippen LogP contribution < -0.4 is 5.11 Å². The Morgan fingerprint density at radius 3 is 1.63 bits per heavy atom. The molecule has 0 aromatic heterocycles. The first-order valence-electron chi connectivity index (χ1n) is 7.02. The van der Waals surface area contributed by atoms with Gasteiger partial charge < -0.3 is 24.9 Å². The van der Waals surface area contributed by atoms with E-state index in [1.165, 1.54) is 39.5 Å². The highest BCUT2D eigenvalue weighted by Crippen LogP contribution is 1.91. The lowest BCUT2D eigenvalue weighted by atomic mass is 10.3. The first-order valence-corrected chi connectivity index (χ1v) is 7.02. The monoisotopic (exact) mass is 279 g/mol. The van der Waals surface area contributed by atoms with Crippen LogP contribution in [0, 0.1) is 0 Å². The van der Waals surface area contributed by atoms with Crippen LogP contribution in [0.3, 0.4) is 0 Å². The number of ether oxygens (including phenoxy) is 1. The largest absolute Gasteiger partial charge is 0.550 e. The van der Waals surface area contributed by atoms with E-state index in [9.17, 15) is 9.90 Å². The van der Waals surface area contributed by atoms with E-state index in [0.717, 1.165) is 13.2 Å². The predicted octanol–water partition coefficient (Wildman–Crippen LogP) is 1.11. The molecule has 0 aliphatic heterocycles. The van der Waals surface area contributed by atoms with Gasteiger partial charge in [0, 0.05) is 19.2 Å². The number of rotatable bonds is 8. The molecule has 19 heavy (non-hydrogen) atoms. The molecule has 5 nitrogen and oxygen atoms in total. The second kappa shape index (κ2) is 22.5. The number of carbonyl (C=O) groups excluding carboxylic acids is 1. The summed E-state index contributed by atoms with van der Waals surface area (Å²) in [5.74, 6) is -0.995. The molecule has 118 valence electrons. The molecule has 1 unspecified atom stereocenters. The molecular weight excluding hydrogens is 248 g/mol. The fourth-order valence-corrected chi connectivity index (χ4v) is 0.595. The average molecular weight is 279 g/mol. The summed E-state index contributed by atoms with van der Waals surface area (Å²) in [4.78, 5) is 9.26. The predicted molar refractivity (Wildman–Crippen MR) is 74.7 cm³/mol. The number of aliphatic carboxylic acids is 1. The molecule has 0 spiro atoms. The van der Waals surface area contributed by atoms with Crippen molar-refractivity contribution in [3.63, 3.8) is 0 Å². The lowest BCUT2D eigenvalue weighted by molar-refractivity contribution is -0.305. The summed E-state index contributed by atoms with van der Waals surface area (Å²) in [6.07, 6.45) is 4.46. The quantitative estimate of drug-likeness (QED) is 0.650. The molecule has 0 aliphatic carbocycles. The van der Waals surface area contributed by atoms with Crippen molar-refractivity contribution in [2.45, 2.75) is 65.9 Å². The Morgan fingerprint density at radius 1 is 1.16 bits per heavy atom.